The van der Waals surface area contributed by atoms with Crippen LogP contribution in [0.3, 0.4) is 0 Å². The van der Waals surface area contributed by atoms with E-state index in [1.165, 1.54) is 6.08 Å². The van der Waals surface area contributed by atoms with E-state index in [1.807, 2.05) is 0 Å². The van der Waals surface area contributed by atoms with Gasteiger partial charge in [-0.05, 0) is 12.8 Å². The zero-order valence-corrected chi connectivity index (χ0v) is 8.93. The molecule has 3 rings (SSSR count). The van der Waals surface area contributed by atoms with Crippen LogP contribution in [0, 0.1) is 11.6 Å². The number of nitrogens with zero attached hydrogens (tertiary/aromatic N) is 1. The standard InChI is InChI=1S/C12H9F2NO2/c13-8-5-9(14)10(11-7(8)1-4-17-11)12(2-3-12)15-6-16/h5H,1-4H2. The Morgan fingerprint density at radius 3 is 2.76 bits per heavy atom. The zero-order valence-electron chi connectivity index (χ0n) is 8.93. The highest BCUT2D eigenvalue weighted by atomic mass is 19.1. The van der Waals surface area contributed by atoms with E-state index in [9.17, 15) is 13.6 Å². The van der Waals surface area contributed by atoms with Gasteiger partial charge in [0.25, 0.3) is 0 Å². The number of aliphatic imine (C=N–C) groups is 1. The quantitative estimate of drug-likeness (QED) is 0.584. The molecule has 2 aliphatic rings. The third-order valence-corrected chi connectivity index (χ3v) is 3.33. The van der Waals surface area contributed by atoms with Crippen molar-refractivity contribution in [3.63, 3.8) is 0 Å². The molecule has 1 aromatic carbocycles. The van der Waals surface area contributed by atoms with Gasteiger partial charge in [0.2, 0.25) is 6.08 Å². The topological polar surface area (TPSA) is 38.7 Å². The van der Waals surface area contributed by atoms with Gasteiger partial charge in [-0.1, -0.05) is 0 Å². The predicted octanol–water partition coefficient (Wildman–Crippen LogP) is 2.22. The molecule has 1 aliphatic carbocycles. The molecule has 1 saturated carbocycles. The van der Waals surface area contributed by atoms with E-state index in [4.69, 9.17) is 4.74 Å². The summed E-state index contributed by atoms with van der Waals surface area (Å²) in [6.07, 6.45) is 3.03. The summed E-state index contributed by atoms with van der Waals surface area (Å²) in [7, 11) is 0. The molecular formula is C12H9F2NO2. The maximum absolute atomic E-state index is 13.9. The zero-order chi connectivity index (χ0) is 12.0. The summed E-state index contributed by atoms with van der Waals surface area (Å²) < 4.78 is 32.6. The lowest BCUT2D eigenvalue weighted by atomic mass is 9.99. The normalized spacial score (nSPS) is 19.2. The van der Waals surface area contributed by atoms with E-state index in [0.717, 1.165) is 6.07 Å². The third-order valence-electron chi connectivity index (χ3n) is 3.33. The van der Waals surface area contributed by atoms with E-state index in [0.29, 0.717) is 31.4 Å². The molecule has 1 aliphatic heterocycles. The fraction of sp³-hybridized carbons (Fsp3) is 0.417. The molecule has 0 bridgehead atoms. The van der Waals surface area contributed by atoms with Crippen molar-refractivity contribution in [2.45, 2.75) is 24.8 Å². The lowest BCUT2D eigenvalue weighted by Gasteiger charge is -2.14. The first-order chi connectivity index (χ1) is 8.18. The van der Waals surface area contributed by atoms with Gasteiger partial charge in [-0.25, -0.2) is 13.6 Å². The van der Waals surface area contributed by atoms with Gasteiger partial charge in [-0.15, -0.1) is 0 Å². The van der Waals surface area contributed by atoms with Gasteiger partial charge in [-0.3, -0.25) is 0 Å². The van der Waals surface area contributed by atoms with Crippen molar-refractivity contribution in [2.24, 2.45) is 4.99 Å². The fourth-order valence-electron chi connectivity index (χ4n) is 2.34. The van der Waals surface area contributed by atoms with Gasteiger partial charge in [0, 0.05) is 18.1 Å². The average molecular weight is 237 g/mol. The molecule has 0 unspecified atom stereocenters. The highest BCUT2D eigenvalue weighted by Crippen LogP contribution is 2.54. The molecule has 3 nitrogen and oxygen atoms in total. The number of ether oxygens (including phenoxy) is 1. The average Bonchev–Trinajstić information content (AvgIpc) is 2.88. The van der Waals surface area contributed by atoms with Gasteiger partial charge in [0.1, 0.15) is 22.9 Å². The summed E-state index contributed by atoms with van der Waals surface area (Å²) in [5.41, 5.74) is -0.267. The smallest absolute Gasteiger partial charge is 0.235 e. The number of carbonyl (C=O) groups excluding carboxylic acids is 1. The molecule has 88 valence electrons. The number of hydrogen-bond donors (Lipinski definition) is 0. The van der Waals surface area contributed by atoms with Crippen molar-refractivity contribution in [3.8, 4) is 5.75 Å². The third kappa shape index (κ3) is 1.39. The molecule has 0 saturated heterocycles. The minimum absolute atomic E-state index is 0.217. The van der Waals surface area contributed by atoms with Crippen molar-refractivity contribution in [3.05, 3.63) is 28.8 Å². The van der Waals surface area contributed by atoms with Crippen LogP contribution in [-0.2, 0) is 16.8 Å². The molecular weight excluding hydrogens is 228 g/mol. The summed E-state index contributed by atoms with van der Waals surface area (Å²) in [6, 6.07) is 0.850. The lowest BCUT2D eigenvalue weighted by molar-refractivity contribution is 0.347. The Labute approximate surface area is 96.1 Å². The van der Waals surface area contributed by atoms with E-state index >= 15 is 0 Å². The summed E-state index contributed by atoms with van der Waals surface area (Å²) in [4.78, 5) is 14.0. The SMILES string of the molecule is O=C=NC1(c2c(F)cc(F)c3c2OCC3)CC1. The Hall–Kier alpha value is -1.74. The van der Waals surface area contributed by atoms with Crippen LogP contribution in [0.5, 0.6) is 5.75 Å². The van der Waals surface area contributed by atoms with Crippen molar-refractivity contribution in [1.82, 2.24) is 0 Å². The first-order valence-electron chi connectivity index (χ1n) is 5.41. The number of benzene rings is 1. The highest BCUT2D eigenvalue weighted by molar-refractivity contribution is 5.53. The van der Waals surface area contributed by atoms with E-state index in [1.54, 1.807) is 0 Å². The Morgan fingerprint density at radius 2 is 2.12 bits per heavy atom. The Balaban J connectivity index is 2.24. The molecule has 5 heteroatoms. The Bertz CT molecular complexity index is 546. The van der Waals surface area contributed by atoms with E-state index < -0.39 is 17.2 Å². The molecule has 1 aromatic rings. The molecule has 0 aromatic heterocycles. The predicted molar refractivity (Wildman–Crippen MR) is 54.6 cm³/mol. The molecule has 0 amide bonds. The lowest BCUT2D eigenvalue weighted by Crippen LogP contribution is -2.09. The molecule has 0 N–H and O–H groups in total. The maximum Gasteiger partial charge on any atom is 0.235 e. The number of rotatable bonds is 2. The van der Waals surface area contributed by atoms with Gasteiger partial charge in [0.05, 0.1) is 12.2 Å². The van der Waals surface area contributed by atoms with Crippen LogP contribution in [0.1, 0.15) is 24.0 Å². The van der Waals surface area contributed by atoms with Crippen LogP contribution in [-0.4, -0.2) is 12.7 Å². The monoisotopic (exact) mass is 237 g/mol. The number of fused-ring (bicyclic) bond motifs is 1. The molecule has 1 fully saturated rings. The van der Waals surface area contributed by atoms with Gasteiger partial charge in [0.15, 0.2) is 0 Å². The number of isocyanates is 1. The summed E-state index contributed by atoms with van der Waals surface area (Å²) >= 11 is 0. The van der Waals surface area contributed by atoms with Crippen LogP contribution in [0.4, 0.5) is 8.78 Å². The van der Waals surface area contributed by atoms with Gasteiger partial charge in [-0.2, -0.15) is 4.99 Å². The van der Waals surface area contributed by atoms with Gasteiger partial charge < -0.3 is 4.74 Å². The van der Waals surface area contributed by atoms with E-state index in [2.05, 4.69) is 4.99 Å². The van der Waals surface area contributed by atoms with Crippen molar-refractivity contribution >= 4 is 6.08 Å². The summed E-state index contributed by atoms with van der Waals surface area (Å²) in [5, 5.41) is 0. The number of halogens is 2. The minimum Gasteiger partial charge on any atom is -0.492 e. The van der Waals surface area contributed by atoms with Crippen LogP contribution in [0.25, 0.3) is 0 Å². The second kappa shape index (κ2) is 3.37. The van der Waals surface area contributed by atoms with Crippen molar-refractivity contribution in [1.29, 1.82) is 0 Å². The minimum atomic E-state index is -0.867. The van der Waals surface area contributed by atoms with Crippen LogP contribution < -0.4 is 4.74 Å². The highest BCUT2D eigenvalue weighted by Gasteiger charge is 2.50. The maximum atomic E-state index is 13.9. The van der Waals surface area contributed by atoms with Crippen molar-refractivity contribution in [2.75, 3.05) is 6.61 Å². The van der Waals surface area contributed by atoms with Crippen LogP contribution in [0.2, 0.25) is 0 Å². The van der Waals surface area contributed by atoms with Gasteiger partial charge >= 0.3 is 0 Å². The second-order valence-corrected chi connectivity index (χ2v) is 4.36. The van der Waals surface area contributed by atoms with Crippen LogP contribution >= 0.6 is 0 Å². The van der Waals surface area contributed by atoms with Crippen LogP contribution in [0.15, 0.2) is 11.1 Å². The molecule has 17 heavy (non-hydrogen) atoms. The second-order valence-electron chi connectivity index (χ2n) is 4.36. The molecule has 0 atom stereocenters. The summed E-state index contributed by atoms with van der Waals surface area (Å²) in [6.45, 7) is 0.337. The summed E-state index contributed by atoms with van der Waals surface area (Å²) in [5.74, 6) is -1.05. The fourth-order valence-corrected chi connectivity index (χ4v) is 2.34. The largest absolute Gasteiger partial charge is 0.492 e. The molecule has 0 radical (unpaired) electrons. The Kier molecular flexibility index (Phi) is 2.07. The van der Waals surface area contributed by atoms with E-state index in [-0.39, 0.29) is 11.3 Å². The van der Waals surface area contributed by atoms with Crippen molar-refractivity contribution < 1.29 is 18.3 Å². The molecule has 0 spiro atoms. The number of hydrogen-bond acceptors (Lipinski definition) is 3. The Morgan fingerprint density at radius 1 is 1.35 bits per heavy atom. The molecule has 1 heterocycles. The first-order valence-corrected chi connectivity index (χ1v) is 5.41. The first kappa shape index (κ1) is 10.4.